The molecule has 6 heteroatoms. The van der Waals surface area contributed by atoms with E-state index in [1.807, 2.05) is 0 Å². The van der Waals surface area contributed by atoms with Crippen molar-refractivity contribution in [1.29, 1.82) is 0 Å². The van der Waals surface area contributed by atoms with Crippen molar-refractivity contribution >= 4 is 37.8 Å². The third-order valence-corrected chi connectivity index (χ3v) is 3.12. The first-order chi connectivity index (χ1) is 7.56. The summed E-state index contributed by atoms with van der Waals surface area (Å²) < 4.78 is 16.3. The lowest BCUT2D eigenvalue weighted by molar-refractivity contribution is 0.0593. The Morgan fingerprint density at radius 1 is 1.06 bits per heavy atom. The minimum absolute atomic E-state index is 0.244. The molecule has 1 rings (SSSR count). The first kappa shape index (κ1) is 13.3. The maximum atomic E-state index is 11.7. The molecule has 1 aromatic rings. The highest BCUT2D eigenvalue weighted by Gasteiger charge is 2.24. The summed E-state index contributed by atoms with van der Waals surface area (Å²) >= 11 is 6.60. The lowest BCUT2D eigenvalue weighted by Crippen LogP contribution is -2.07. The number of esters is 1. The number of ether oxygens (including phenoxy) is 3. The number of benzene rings is 1. The molecular weight excluding hydrogens is 344 g/mol. The van der Waals surface area contributed by atoms with Gasteiger partial charge in [0.2, 0.25) is 0 Å². The summed E-state index contributed by atoms with van der Waals surface area (Å²) in [6.07, 6.45) is 0. The summed E-state index contributed by atoms with van der Waals surface area (Å²) in [5, 5.41) is 0. The van der Waals surface area contributed by atoms with Gasteiger partial charge in [-0.3, -0.25) is 0 Å². The van der Waals surface area contributed by atoms with Crippen LogP contribution in [0.4, 0.5) is 0 Å². The number of hydrogen-bond donors (Lipinski definition) is 0. The molecule has 0 fully saturated rings. The van der Waals surface area contributed by atoms with Gasteiger partial charge in [0.1, 0.15) is 5.56 Å². The van der Waals surface area contributed by atoms with E-state index < -0.39 is 5.97 Å². The molecule has 0 atom stereocenters. The molecule has 4 nitrogen and oxygen atoms in total. The normalized spacial score (nSPS) is 9.81. The van der Waals surface area contributed by atoms with Crippen LogP contribution in [0.1, 0.15) is 10.4 Å². The first-order valence-corrected chi connectivity index (χ1v) is 5.83. The molecule has 16 heavy (non-hydrogen) atoms. The molecule has 0 saturated heterocycles. The molecule has 0 spiro atoms. The van der Waals surface area contributed by atoms with E-state index in [4.69, 9.17) is 14.2 Å². The largest absolute Gasteiger partial charge is 0.495 e. The average Bonchev–Trinajstić information content (AvgIpc) is 2.27. The molecule has 0 aliphatic carbocycles. The Morgan fingerprint density at radius 3 is 1.81 bits per heavy atom. The first-order valence-electron chi connectivity index (χ1n) is 4.25. The quantitative estimate of drug-likeness (QED) is 0.783. The molecule has 0 aromatic heterocycles. The van der Waals surface area contributed by atoms with Gasteiger partial charge in [0, 0.05) is 0 Å². The van der Waals surface area contributed by atoms with Gasteiger partial charge >= 0.3 is 5.97 Å². The topological polar surface area (TPSA) is 44.8 Å². The summed E-state index contributed by atoms with van der Waals surface area (Å²) in [5.41, 5.74) is 0.244. The summed E-state index contributed by atoms with van der Waals surface area (Å²) in [4.78, 5) is 11.7. The van der Waals surface area contributed by atoms with Gasteiger partial charge in [-0.2, -0.15) is 0 Å². The van der Waals surface area contributed by atoms with Crippen molar-refractivity contribution in [3.8, 4) is 11.5 Å². The number of carbonyl (C=O) groups is 1. The predicted molar refractivity (Wildman–Crippen MR) is 66.3 cm³/mol. The van der Waals surface area contributed by atoms with Gasteiger partial charge in [0.25, 0.3) is 0 Å². The van der Waals surface area contributed by atoms with E-state index in [1.54, 1.807) is 6.07 Å². The van der Waals surface area contributed by atoms with Gasteiger partial charge in [-0.15, -0.1) is 0 Å². The molecule has 0 N–H and O–H groups in total. The zero-order chi connectivity index (χ0) is 12.3. The van der Waals surface area contributed by atoms with Gasteiger partial charge in [0.05, 0.1) is 30.3 Å². The number of carbonyl (C=O) groups excluding carboxylic acids is 1. The number of hydrogen-bond acceptors (Lipinski definition) is 4. The minimum Gasteiger partial charge on any atom is -0.495 e. The molecule has 0 unspecified atom stereocenters. The maximum Gasteiger partial charge on any atom is 0.345 e. The minimum atomic E-state index is -0.518. The molecule has 88 valence electrons. The van der Waals surface area contributed by atoms with Crippen LogP contribution in [0.3, 0.4) is 0 Å². The molecule has 0 saturated carbocycles. The average molecular weight is 354 g/mol. The number of methoxy groups -OCH3 is 3. The van der Waals surface area contributed by atoms with Gasteiger partial charge in [-0.25, -0.2) is 4.79 Å². The van der Waals surface area contributed by atoms with Crippen LogP contribution in [0.15, 0.2) is 15.0 Å². The Morgan fingerprint density at radius 2 is 1.50 bits per heavy atom. The zero-order valence-corrected chi connectivity index (χ0v) is 12.1. The van der Waals surface area contributed by atoms with E-state index in [0.29, 0.717) is 20.4 Å². The van der Waals surface area contributed by atoms with E-state index in [9.17, 15) is 4.79 Å². The summed E-state index contributed by atoms with van der Waals surface area (Å²) in [6.45, 7) is 0. The van der Waals surface area contributed by atoms with E-state index >= 15 is 0 Å². The van der Waals surface area contributed by atoms with Crippen LogP contribution in [0, 0.1) is 0 Å². The van der Waals surface area contributed by atoms with E-state index in [1.165, 1.54) is 21.3 Å². The van der Waals surface area contributed by atoms with Crippen LogP contribution in [-0.2, 0) is 4.74 Å². The van der Waals surface area contributed by atoms with Crippen LogP contribution >= 0.6 is 31.9 Å². The predicted octanol–water partition coefficient (Wildman–Crippen LogP) is 3.02. The van der Waals surface area contributed by atoms with Gasteiger partial charge in [-0.05, 0) is 37.9 Å². The summed E-state index contributed by atoms with van der Waals surface area (Å²) in [6, 6.07) is 1.74. The molecule has 1 aromatic carbocycles. The van der Waals surface area contributed by atoms with Crippen molar-refractivity contribution in [3.63, 3.8) is 0 Å². The van der Waals surface area contributed by atoms with Gasteiger partial charge in [0.15, 0.2) is 11.5 Å². The smallest absolute Gasteiger partial charge is 0.345 e. The molecule has 0 radical (unpaired) electrons. The van der Waals surface area contributed by atoms with Crippen LogP contribution in [0.5, 0.6) is 11.5 Å². The van der Waals surface area contributed by atoms with E-state index in [2.05, 4.69) is 31.9 Å². The fourth-order valence-corrected chi connectivity index (χ4v) is 2.76. The summed E-state index contributed by atoms with van der Waals surface area (Å²) in [5.74, 6) is 0.245. The molecule has 0 bridgehead atoms. The lowest BCUT2D eigenvalue weighted by Gasteiger charge is -2.14. The highest BCUT2D eigenvalue weighted by Crippen LogP contribution is 2.41. The molecular formula is C10H10Br2O4. The zero-order valence-electron chi connectivity index (χ0n) is 8.97. The monoisotopic (exact) mass is 352 g/mol. The van der Waals surface area contributed by atoms with Crippen molar-refractivity contribution in [2.45, 2.75) is 0 Å². The fourth-order valence-electron chi connectivity index (χ4n) is 1.27. The molecule has 0 amide bonds. The Hall–Kier alpha value is -0.750. The van der Waals surface area contributed by atoms with Gasteiger partial charge < -0.3 is 14.2 Å². The van der Waals surface area contributed by atoms with Crippen LogP contribution in [0.25, 0.3) is 0 Å². The van der Waals surface area contributed by atoms with Crippen molar-refractivity contribution in [2.24, 2.45) is 0 Å². The Bertz CT molecular complexity index is 390. The second-order valence-electron chi connectivity index (χ2n) is 2.77. The number of halogens is 2. The Kier molecular flexibility index (Phi) is 4.61. The van der Waals surface area contributed by atoms with Crippen LogP contribution < -0.4 is 9.47 Å². The SMILES string of the molecule is COC(=O)c1c(OC)c(Br)cc(Br)c1OC. The lowest BCUT2D eigenvalue weighted by atomic mass is 10.2. The second-order valence-corrected chi connectivity index (χ2v) is 4.48. The van der Waals surface area contributed by atoms with Crippen LogP contribution in [0.2, 0.25) is 0 Å². The van der Waals surface area contributed by atoms with E-state index in [0.717, 1.165) is 0 Å². The van der Waals surface area contributed by atoms with Crippen molar-refractivity contribution < 1.29 is 19.0 Å². The molecule has 0 heterocycles. The molecule has 0 aliphatic rings. The summed E-state index contributed by atoms with van der Waals surface area (Å²) in [7, 11) is 4.25. The fraction of sp³-hybridized carbons (Fsp3) is 0.300. The standard InChI is InChI=1S/C10H10Br2O4/c1-14-8-5(11)4-6(12)9(15-2)7(8)10(13)16-3/h4H,1-3H3. The van der Waals surface area contributed by atoms with E-state index in [-0.39, 0.29) is 5.56 Å². The maximum absolute atomic E-state index is 11.7. The Balaban J connectivity index is 3.55. The third-order valence-electron chi connectivity index (χ3n) is 1.94. The Labute approximate surface area is 110 Å². The van der Waals surface area contributed by atoms with Crippen molar-refractivity contribution in [2.75, 3.05) is 21.3 Å². The highest BCUT2D eigenvalue weighted by molar-refractivity contribution is 9.11. The molecule has 0 aliphatic heterocycles. The highest BCUT2D eigenvalue weighted by atomic mass is 79.9. The van der Waals surface area contributed by atoms with Crippen molar-refractivity contribution in [1.82, 2.24) is 0 Å². The van der Waals surface area contributed by atoms with Crippen LogP contribution in [-0.4, -0.2) is 27.3 Å². The van der Waals surface area contributed by atoms with Gasteiger partial charge in [-0.1, -0.05) is 0 Å². The number of rotatable bonds is 3. The second kappa shape index (κ2) is 5.54. The van der Waals surface area contributed by atoms with Crippen molar-refractivity contribution in [3.05, 3.63) is 20.6 Å². The third kappa shape index (κ3) is 2.32.